The van der Waals surface area contributed by atoms with E-state index in [-0.39, 0.29) is 18.1 Å². The van der Waals surface area contributed by atoms with Gasteiger partial charge in [0.2, 0.25) is 5.91 Å². The lowest BCUT2D eigenvalue weighted by atomic mass is 10.2. The smallest absolute Gasteiger partial charge is 0.325 e. The fourth-order valence-electron chi connectivity index (χ4n) is 3.35. The van der Waals surface area contributed by atoms with Crippen molar-refractivity contribution >= 4 is 23.2 Å². The minimum Gasteiger partial charge on any atom is -0.325 e. The van der Waals surface area contributed by atoms with E-state index in [2.05, 4.69) is 32.7 Å². The molecule has 1 amide bonds. The van der Waals surface area contributed by atoms with Crippen LogP contribution in [-0.4, -0.2) is 68.6 Å². The van der Waals surface area contributed by atoms with Gasteiger partial charge in [0.25, 0.3) is 0 Å². The van der Waals surface area contributed by atoms with Gasteiger partial charge in [0.1, 0.15) is 0 Å². The standard InChI is InChI=1S/C19H25ClF3N7O/c1-2-3-6-30-17(25-26-27-30)12-28-7-9-29(10-8-28)13-18(31)24-14-4-5-16(20)15(11-14)19(21,22)23/h4-5,11H,2-3,6-10,12-13H2,1H3,(H,24,31). The van der Waals surface area contributed by atoms with Crippen molar-refractivity contribution in [3.8, 4) is 0 Å². The summed E-state index contributed by atoms with van der Waals surface area (Å²) in [4.78, 5) is 16.5. The number of hydrogen-bond donors (Lipinski definition) is 1. The molecule has 0 atom stereocenters. The monoisotopic (exact) mass is 459 g/mol. The van der Waals surface area contributed by atoms with E-state index in [1.807, 2.05) is 9.58 Å². The average molecular weight is 460 g/mol. The van der Waals surface area contributed by atoms with E-state index in [1.165, 1.54) is 6.07 Å². The molecule has 0 radical (unpaired) electrons. The number of tetrazole rings is 1. The third-order valence-electron chi connectivity index (χ3n) is 5.08. The minimum atomic E-state index is -4.58. The molecule has 1 aliphatic rings. The molecule has 1 N–H and O–H groups in total. The number of hydrogen-bond acceptors (Lipinski definition) is 6. The van der Waals surface area contributed by atoms with E-state index in [9.17, 15) is 18.0 Å². The normalized spacial score (nSPS) is 15.9. The Kier molecular flexibility index (Phi) is 7.84. The van der Waals surface area contributed by atoms with Gasteiger partial charge in [-0.25, -0.2) is 4.68 Å². The number of rotatable bonds is 8. The highest BCUT2D eigenvalue weighted by atomic mass is 35.5. The van der Waals surface area contributed by atoms with Gasteiger partial charge in [-0.15, -0.1) is 5.10 Å². The second-order valence-corrected chi connectivity index (χ2v) is 7.87. The van der Waals surface area contributed by atoms with E-state index >= 15 is 0 Å². The van der Waals surface area contributed by atoms with Gasteiger partial charge in [-0.3, -0.25) is 14.6 Å². The first-order chi connectivity index (χ1) is 14.8. The number of piperazine rings is 1. The van der Waals surface area contributed by atoms with E-state index in [1.54, 1.807) is 0 Å². The molecule has 3 rings (SSSR count). The summed E-state index contributed by atoms with van der Waals surface area (Å²) in [6.07, 6.45) is -2.50. The van der Waals surface area contributed by atoms with Gasteiger partial charge in [0.05, 0.1) is 23.7 Å². The van der Waals surface area contributed by atoms with Gasteiger partial charge in [-0.05, 0) is 35.0 Å². The molecular weight excluding hydrogens is 435 g/mol. The molecule has 1 aliphatic heterocycles. The Balaban J connectivity index is 1.47. The summed E-state index contributed by atoms with van der Waals surface area (Å²) >= 11 is 5.61. The molecule has 1 fully saturated rings. The van der Waals surface area contributed by atoms with Crippen molar-refractivity contribution in [1.29, 1.82) is 0 Å². The van der Waals surface area contributed by atoms with E-state index < -0.39 is 16.8 Å². The fourth-order valence-corrected chi connectivity index (χ4v) is 3.57. The molecule has 8 nitrogen and oxygen atoms in total. The SMILES string of the molecule is CCCCn1nnnc1CN1CCN(CC(=O)Nc2ccc(Cl)c(C(F)(F)F)c2)CC1. The molecular formula is C19H25ClF3N7O. The third-order valence-corrected chi connectivity index (χ3v) is 5.41. The van der Waals surface area contributed by atoms with Gasteiger partial charge in [-0.1, -0.05) is 24.9 Å². The minimum absolute atomic E-state index is 0.0688. The second-order valence-electron chi connectivity index (χ2n) is 7.46. The van der Waals surface area contributed by atoms with Gasteiger partial charge >= 0.3 is 6.18 Å². The maximum absolute atomic E-state index is 13.0. The summed E-state index contributed by atoms with van der Waals surface area (Å²) in [7, 11) is 0. The summed E-state index contributed by atoms with van der Waals surface area (Å²) in [5.41, 5.74) is -0.902. The van der Waals surface area contributed by atoms with Crippen LogP contribution in [0.5, 0.6) is 0 Å². The van der Waals surface area contributed by atoms with Crippen LogP contribution >= 0.6 is 11.6 Å². The molecule has 12 heteroatoms. The highest BCUT2D eigenvalue weighted by molar-refractivity contribution is 6.31. The molecule has 2 aromatic rings. The molecule has 0 bridgehead atoms. The Morgan fingerprint density at radius 2 is 1.90 bits per heavy atom. The van der Waals surface area contributed by atoms with Crippen LogP contribution in [0.15, 0.2) is 18.2 Å². The third kappa shape index (κ3) is 6.62. The van der Waals surface area contributed by atoms with Crippen molar-refractivity contribution in [3.63, 3.8) is 0 Å². The summed E-state index contributed by atoms with van der Waals surface area (Å²) in [5.74, 6) is 0.454. The Morgan fingerprint density at radius 1 is 1.19 bits per heavy atom. The van der Waals surface area contributed by atoms with Gasteiger partial charge in [-0.2, -0.15) is 13.2 Å². The van der Waals surface area contributed by atoms with Crippen molar-refractivity contribution in [3.05, 3.63) is 34.6 Å². The van der Waals surface area contributed by atoms with Crippen molar-refractivity contribution < 1.29 is 18.0 Å². The van der Waals surface area contributed by atoms with Crippen LogP contribution in [0.2, 0.25) is 5.02 Å². The highest BCUT2D eigenvalue weighted by Gasteiger charge is 2.33. The number of carbonyl (C=O) groups is 1. The highest BCUT2D eigenvalue weighted by Crippen LogP contribution is 2.36. The molecule has 0 spiro atoms. The van der Waals surface area contributed by atoms with Gasteiger partial charge < -0.3 is 5.32 Å². The van der Waals surface area contributed by atoms with Crippen molar-refractivity contribution in [2.45, 2.75) is 39.0 Å². The lowest BCUT2D eigenvalue weighted by Crippen LogP contribution is -2.48. The number of amides is 1. The second kappa shape index (κ2) is 10.4. The molecule has 1 aromatic carbocycles. The molecule has 0 aliphatic carbocycles. The summed E-state index contributed by atoms with van der Waals surface area (Å²) in [6.45, 7) is 6.46. The molecule has 0 saturated carbocycles. The zero-order chi connectivity index (χ0) is 22.4. The molecule has 2 heterocycles. The predicted octanol–water partition coefficient (Wildman–Crippen LogP) is 2.90. The first-order valence-corrected chi connectivity index (χ1v) is 10.5. The van der Waals surface area contributed by atoms with Gasteiger partial charge in [0, 0.05) is 38.4 Å². The van der Waals surface area contributed by atoms with Gasteiger partial charge in [0.15, 0.2) is 5.82 Å². The van der Waals surface area contributed by atoms with E-state index in [4.69, 9.17) is 11.6 Å². The molecule has 170 valence electrons. The zero-order valence-corrected chi connectivity index (χ0v) is 18.0. The average Bonchev–Trinajstić information content (AvgIpc) is 3.15. The quantitative estimate of drug-likeness (QED) is 0.654. The molecule has 1 saturated heterocycles. The Morgan fingerprint density at radius 3 is 2.58 bits per heavy atom. The fraction of sp³-hybridized carbons (Fsp3) is 0.579. The number of aromatic nitrogens is 4. The summed E-state index contributed by atoms with van der Waals surface area (Å²) in [6, 6.07) is 3.34. The first-order valence-electron chi connectivity index (χ1n) is 10.1. The first kappa shape index (κ1) is 23.4. The number of halogens is 4. The van der Waals surface area contributed by atoms with Crippen LogP contribution in [0, 0.1) is 0 Å². The lowest BCUT2D eigenvalue weighted by molar-refractivity contribution is -0.137. The maximum atomic E-state index is 13.0. The largest absolute Gasteiger partial charge is 0.417 e. The molecule has 1 aromatic heterocycles. The van der Waals surface area contributed by atoms with Crippen LogP contribution in [0.3, 0.4) is 0 Å². The molecule has 31 heavy (non-hydrogen) atoms. The molecule has 0 unspecified atom stereocenters. The number of unbranched alkanes of at least 4 members (excludes halogenated alkanes) is 1. The Labute approximate surface area is 183 Å². The van der Waals surface area contributed by atoms with Crippen LogP contribution < -0.4 is 5.32 Å². The van der Waals surface area contributed by atoms with Crippen molar-refractivity contribution in [1.82, 2.24) is 30.0 Å². The number of benzene rings is 1. The van der Waals surface area contributed by atoms with Crippen molar-refractivity contribution in [2.75, 3.05) is 38.0 Å². The number of alkyl halides is 3. The zero-order valence-electron chi connectivity index (χ0n) is 17.2. The number of nitrogens with one attached hydrogen (secondary N) is 1. The van der Waals surface area contributed by atoms with Crippen molar-refractivity contribution in [2.24, 2.45) is 0 Å². The number of anilines is 1. The maximum Gasteiger partial charge on any atom is 0.417 e. The van der Waals surface area contributed by atoms with Crippen LogP contribution in [0.25, 0.3) is 0 Å². The number of carbonyl (C=O) groups excluding carboxylic acids is 1. The topological polar surface area (TPSA) is 79.2 Å². The summed E-state index contributed by atoms with van der Waals surface area (Å²) in [5, 5.41) is 14.0. The van der Waals surface area contributed by atoms with E-state index in [0.717, 1.165) is 50.4 Å². The van der Waals surface area contributed by atoms with Crippen LogP contribution in [-0.2, 0) is 24.1 Å². The van der Waals surface area contributed by atoms with Crippen LogP contribution in [0.4, 0.5) is 18.9 Å². The Bertz CT molecular complexity index is 882. The predicted molar refractivity (Wildman–Crippen MR) is 110 cm³/mol. The summed E-state index contributed by atoms with van der Waals surface area (Å²) < 4.78 is 40.7. The Hall–Kier alpha value is -2.24. The van der Waals surface area contributed by atoms with Crippen LogP contribution in [0.1, 0.15) is 31.2 Å². The van der Waals surface area contributed by atoms with E-state index in [0.29, 0.717) is 19.6 Å². The number of nitrogens with zero attached hydrogens (tertiary/aromatic N) is 6. The number of aryl methyl sites for hydroxylation is 1. The lowest BCUT2D eigenvalue weighted by Gasteiger charge is -2.33.